The van der Waals surface area contributed by atoms with Crippen LogP contribution in [0, 0.1) is 13.8 Å². The van der Waals surface area contributed by atoms with E-state index >= 15 is 0 Å². The van der Waals surface area contributed by atoms with Crippen LogP contribution in [0.15, 0.2) is 94.7 Å². The van der Waals surface area contributed by atoms with Crippen LogP contribution in [0.25, 0.3) is 0 Å². The first-order valence-corrected chi connectivity index (χ1v) is 15.5. The highest BCUT2D eigenvalue weighted by Crippen LogP contribution is 2.30. The van der Waals surface area contributed by atoms with Gasteiger partial charge >= 0.3 is 0 Å². The summed E-state index contributed by atoms with van der Waals surface area (Å²) in [6.45, 7) is 9.40. The zero-order chi connectivity index (χ0) is 27.5. The number of nitrogens with zero attached hydrogens (tertiary/aromatic N) is 3. The lowest BCUT2D eigenvalue weighted by Gasteiger charge is -2.31. The summed E-state index contributed by atoms with van der Waals surface area (Å²) in [7, 11) is -5.80. The summed E-state index contributed by atoms with van der Waals surface area (Å²) in [6, 6.07) is 21.0. The van der Waals surface area contributed by atoms with E-state index in [-0.39, 0.29) is 22.9 Å². The summed E-state index contributed by atoms with van der Waals surface area (Å²) in [5.74, 6) is 0. The normalized spacial score (nSPS) is 16.9. The fraction of sp³-hybridized carbons (Fsp3) is 0.310. The third kappa shape index (κ3) is 6.18. The average molecular weight is 554 g/mol. The molecule has 0 saturated heterocycles. The number of sulfonamides is 2. The first-order valence-electron chi connectivity index (χ1n) is 12.6. The molecule has 0 bridgehead atoms. The molecule has 0 atom stereocenters. The molecule has 0 saturated carbocycles. The minimum Gasteiger partial charge on any atom is -0.302 e. The molecule has 7 nitrogen and oxygen atoms in total. The average Bonchev–Trinajstić information content (AvgIpc) is 2.87. The molecule has 0 N–H and O–H groups in total. The van der Waals surface area contributed by atoms with Crippen LogP contribution in [-0.2, 0) is 26.6 Å². The summed E-state index contributed by atoms with van der Waals surface area (Å²) >= 11 is 0. The molecule has 0 radical (unpaired) electrons. The van der Waals surface area contributed by atoms with Gasteiger partial charge in [-0.3, -0.25) is 4.31 Å². The van der Waals surface area contributed by atoms with Gasteiger partial charge in [0.05, 0.1) is 22.0 Å². The molecule has 9 heteroatoms. The Kier molecular flexibility index (Phi) is 8.42. The smallest absolute Gasteiger partial charge is 0.264 e. The Balaban J connectivity index is 1.76. The lowest BCUT2D eigenvalue weighted by Crippen LogP contribution is -2.40. The molecule has 1 aliphatic rings. The molecule has 0 unspecified atom stereocenters. The third-order valence-corrected chi connectivity index (χ3v) is 10.3. The van der Waals surface area contributed by atoms with Crippen LogP contribution in [0.2, 0.25) is 0 Å². The third-order valence-electron chi connectivity index (χ3n) is 6.68. The summed E-state index contributed by atoms with van der Waals surface area (Å²) < 4.78 is 58.0. The maximum absolute atomic E-state index is 14.0. The van der Waals surface area contributed by atoms with E-state index in [0.29, 0.717) is 37.3 Å². The van der Waals surface area contributed by atoms with Crippen molar-refractivity contribution in [1.29, 1.82) is 0 Å². The summed E-state index contributed by atoms with van der Waals surface area (Å²) in [6.07, 6.45) is 0.627. The van der Waals surface area contributed by atoms with E-state index in [1.807, 2.05) is 39.1 Å². The minimum atomic E-state index is -3.96. The SMILES string of the molecule is C=C1CN(S(=O)(=O)c2ccc(C)cc2)CCCN(C)Cc2ccccc2N(S(=O)(=O)c2ccc(C)cc2)C1. The molecule has 0 fully saturated rings. The Bertz CT molecular complexity index is 1500. The van der Waals surface area contributed by atoms with E-state index in [4.69, 9.17) is 0 Å². The van der Waals surface area contributed by atoms with Crippen molar-refractivity contribution in [2.24, 2.45) is 0 Å². The number of rotatable bonds is 4. The van der Waals surface area contributed by atoms with Crippen molar-refractivity contribution in [3.05, 3.63) is 102 Å². The van der Waals surface area contributed by atoms with Crippen molar-refractivity contribution >= 4 is 25.7 Å². The van der Waals surface area contributed by atoms with Crippen LogP contribution in [0.5, 0.6) is 0 Å². The number of hydrogen-bond acceptors (Lipinski definition) is 5. The predicted octanol–water partition coefficient (Wildman–Crippen LogP) is 4.58. The molecular weight excluding hydrogens is 518 g/mol. The Hall–Kier alpha value is -2.98. The maximum Gasteiger partial charge on any atom is 0.264 e. The quantitative estimate of drug-likeness (QED) is 0.442. The van der Waals surface area contributed by atoms with Crippen LogP contribution >= 0.6 is 0 Å². The first kappa shape index (κ1) is 28.0. The second-order valence-corrected chi connectivity index (χ2v) is 13.7. The van der Waals surface area contributed by atoms with E-state index in [9.17, 15) is 16.8 Å². The van der Waals surface area contributed by atoms with Crippen molar-refractivity contribution in [2.45, 2.75) is 36.6 Å². The molecule has 0 aliphatic carbocycles. The minimum absolute atomic E-state index is 0.0159. The number of fused-ring (bicyclic) bond motifs is 1. The number of para-hydroxylation sites is 1. The molecular formula is C29H35N3O4S2. The molecule has 1 aliphatic heterocycles. The van der Waals surface area contributed by atoms with Gasteiger partial charge in [0.1, 0.15) is 0 Å². The number of benzene rings is 3. The van der Waals surface area contributed by atoms with E-state index in [0.717, 1.165) is 16.7 Å². The molecule has 3 aromatic rings. The Morgan fingerprint density at radius 3 is 1.84 bits per heavy atom. The molecule has 0 spiro atoms. The molecule has 1 heterocycles. The number of aryl methyl sites for hydroxylation is 2. The fourth-order valence-corrected chi connectivity index (χ4v) is 7.58. The van der Waals surface area contributed by atoms with Gasteiger partial charge in [-0.15, -0.1) is 0 Å². The summed E-state index contributed by atoms with van der Waals surface area (Å²) in [5, 5.41) is 0. The first-order chi connectivity index (χ1) is 18.0. The summed E-state index contributed by atoms with van der Waals surface area (Å²) in [5.41, 5.74) is 3.86. The second-order valence-electron chi connectivity index (χ2n) is 9.95. The number of anilines is 1. The van der Waals surface area contributed by atoms with Gasteiger partial charge in [-0.2, -0.15) is 4.31 Å². The topological polar surface area (TPSA) is 78.0 Å². The second kappa shape index (κ2) is 11.4. The van der Waals surface area contributed by atoms with Crippen LogP contribution in [-0.4, -0.2) is 59.3 Å². The summed E-state index contributed by atoms with van der Waals surface area (Å²) in [4.78, 5) is 2.48. The molecule has 0 aromatic heterocycles. The lowest BCUT2D eigenvalue weighted by molar-refractivity contribution is 0.304. The maximum atomic E-state index is 14.0. The van der Waals surface area contributed by atoms with Gasteiger partial charge in [0, 0.05) is 19.6 Å². The standard InChI is InChI=1S/C29H35N3O4S2/c1-23-10-14-27(15-11-23)37(33,34)31-19-7-18-30(4)22-26-8-5-6-9-29(26)32(21-25(3)20-31)38(35,36)28-16-12-24(2)13-17-28/h5-6,8-17H,3,7,18-22H2,1-2,4H3. The monoisotopic (exact) mass is 553 g/mol. The van der Waals surface area contributed by atoms with Crippen molar-refractivity contribution in [2.75, 3.05) is 37.5 Å². The zero-order valence-electron chi connectivity index (χ0n) is 22.2. The Labute approximate surface area is 227 Å². The highest BCUT2D eigenvalue weighted by atomic mass is 32.2. The van der Waals surface area contributed by atoms with Crippen LogP contribution in [0.1, 0.15) is 23.1 Å². The van der Waals surface area contributed by atoms with Gasteiger partial charge < -0.3 is 4.90 Å². The largest absolute Gasteiger partial charge is 0.302 e. The van der Waals surface area contributed by atoms with Crippen LogP contribution in [0.3, 0.4) is 0 Å². The van der Waals surface area contributed by atoms with Crippen LogP contribution < -0.4 is 4.31 Å². The fourth-order valence-electron chi connectivity index (χ4n) is 4.56. The highest BCUT2D eigenvalue weighted by Gasteiger charge is 2.30. The van der Waals surface area contributed by atoms with Gasteiger partial charge in [-0.1, -0.05) is 60.2 Å². The van der Waals surface area contributed by atoms with E-state index in [2.05, 4.69) is 11.5 Å². The predicted molar refractivity (Wildman–Crippen MR) is 152 cm³/mol. The van der Waals surface area contributed by atoms with Gasteiger partial charge in [0.2, 0.25) is 10.0 Å². The molecule has 0 amide bonds. The molecule has 202 valence electrons. The Morgan fingerprint density at radius 1 is 0.684 bits per heavy atom. The Morgan fingerprint density at radius 2 is 1.24 bits per heavy atom. The highest BCUT2D eigenvalue weighted by molar-refractivity contribution is 7.92. The van der Waals surface area contributed by atoms with Crippen molar-refractivity contribution in [3.8, 4) is 0 Å². The van der Waals surface area contributed by atoms with Gasteiger partial charge in [0.15, 0.2) is 0 Å². The van der Waals surface area contributed by atoms with E-state index in [1.54, 1.807) is 54.6 Å². The zero-order valence-corrected chi connectivity index (χ0v) is 23.8. The van der Waals surface area contributed by atoms with Crippen molar-refractivity contribution in [3.63, 3.8) is 0 Å². The van der Waals surface area contributed by atoms with Gasteiger partial charge in [-0.25, -0.2) is 16.8 Å². The van der Waals surface area contributed by atoms with Crippen molar-refractivity contribution in [1.82, 2.24) is 9.21 Å². The molecule has 4 rings (SSSR count). The molecule has 38 heavy (non-hydrogen) atoms. The lowest BCUT2D eigenvalue weighted by atomic mass is 10.1. The molecule has 3 aromatic carbocycles. The van der Waals surface area contributed by atoms with Crippen molar-refractivity contribution < 1.29 is 16.8 Å². The van der Waals surface area contributed by atoms with Gasteiger partial charge in [0.25, 0.3) is 10.0 Å². The van der Waals surface area contributed by atoms with Crippen LogP contribution in [0.4, 0.5) is 5.69 Å². The van der Waals surface area contributed by atoms with E-state index in [1.165, 1.54) is 8.61 Å². The number of hydrogen-bond donors (Lipinski definition) is 0. The van der Waals surface area contributed by atoms with E-state index < -0.39 is 20.0 Å². The van der Waals surface area contributed by atoms with Gasteiger partial charge in [-0.05, 0) is 75.3 Å².